The van der Waals surface area contributed by atoms with Crippen LogP contribution < -0.4 is 4.90 Å². The average Bonchev–Trinajstić information content (AvgIpc) is 2.79. The lowest BCUT2D eigenvalue weighted by molar-refractivity contribution is -0.137. The van der Waals surface area contributed by atoms with E-state index in [2.05, 4.69) is 35.7 Å². The number of pyridine rings is 1. The van der Waals surface area contributed by atoms with Gasteiger partial charge in [0.1, 0.15) is 0 Å². The van der Waals surface area contributed by atoms with Crippen molar-refractivity contribution in [1.82, 2.24) is 24.8 Å². The average molecular weight is 380 g/mol. The number of hydrogen-bond donors (Lipinski definition) is 0. The number of anilines is 1. The summed E-state index contributed by atoms with van der Waals surface area (Å²) in [4.78, 5) is 32.8. The number of hydrogen-bond acceptors (Lipinski definition) is 6. The molecule has 0 unspecified atom stereocenters. The third-order valence-electron chi connectivity index (χ3n) is 5.70. The molecule has 0 radical (unpaired) electrons. The zero-order chi connectivity index (χ0) is 19.2. The molecule has 0 aromatic carbocycles. The molecule has 1 atom stereocenters. The lowest BCUT2D eigenvalue weighted by Crippen LogP contribution is -2.53. The molecule has 0 spiro atoms. The highest BCUT2D eigenvalue weighted by Gasteiger charge is 2.31. The summed E-state index contributed by atoms with van der Waals surface area (Å²) in [5.74, 6) is 1.09. The molecule has 7 nitrogen and oxygen atoms in total. The van der Waals surface area contributed by atoms with Gasteiger partial charge in [0.2, 0.25) is 11.9 Å². The summed E-state index contributed by atoms with van der Waals surface area (Å²) in [6, 6.07) is 7.88. The van der Waals surface area contributed by atoms with Crippen molar-refractivity contribution in [3.8, 4) is 0 Å². The van der Waals surface area contributed by atoms with Gasteiger partial charge in [-0.3, -0.25) is 14.7 Å². The SMILES string of the molecule is O=C([C@H]1CCCN(c2ncccn2)C1)N1CCN(CCc2ccccn2)CC1. The molecule has 2 aromatic rings. The van der Waals surface area contributed by atoms with Crippen molar-refractivity contribution in [1.29, 1.82) is 0 Å². The third-order valence-corrected chi connectivity index (χ3v) is 5.70. The molecule has 0 bridgehead atoms. The van der Waals surface area contributed by atoms with Gasteiger partial charge in [0, 0.05) is 76.5 Å². The van der Waals surface area contributed by atoms with Gasteiger partial charge in [0.25, 0.3) is 0 Å². The lowest BCUT2D eigenvalue weighted by atomic mass is 9.96. The first kappa shape index (κ1) is 18.8. The molecule has 2 saturated heterocycles. The van der Waals surface area contributed by atoms with Gasteiger partial charge in [-0.1, -0.05) is 6.07 Å². The van der Waals surface area contributed by atoms with Crippen molar-refractivity contribution >= 4 is 11.9 Å². The molecule has 2 aliphatic rings. The van der Waals surface area contributed by atoms with Gasteiger partial charge in [-0.15, -0.1) is 0 Å². The van der Waals surface area contributed by atoms with Crippen molar-refractivity contribution in [2.75, 3.05) is 50.7 Å². The van der Waals surface area contributed by atoms with E-state index in [1.807, 2.05) is 24.4 Å². The summed E-state index contributed by atoms with van der Waals surface area (Å²) in [5, 5.41) is 0. The molecule has 28 heavy (non-hydrogen) atoms. The molecule has 148 valence electrons. The summed E-state index contributed by atoms with van der Waals surface area (Å²) >= 11 is 0. The maximum Gasteiger partial charge on any atom is 0.227 e. The van der Waals surface area contributed by atoms with E-state index in [0.717, 1.165) is 76.7 Å². The highest BCUT2D eigenvalue weighted by molar-refractivity contribution is 5.79. The first-order valence-corrected chi connectivity index (χ1v) is 10.2. The van der Waals surface area contributed by atoms with Crippen LogP contribution in [0.25, 0.3) is 0 Å². The van der Waals surface area contributed by atoms with Crippen molar-refractivity contribution in [3.63, 3.8) is 0 Å². The van der Waals surface area contributed by atoms with Crippen LogP contribution in [0.2, 0.25) is 0 Å². The Balaban J connectivity index is 1.25. The van der Waals surface area contributed by atoms with Gasteiger partial charge < -0.3 is 9.80 Å². The van der Waals surface area contributed by atoms with Gasteiger partial charge in [-0.05, 0) is 31.0 Å². The minimum Gasteiger partial charge on any atom is -0.340 e. The predicted octanol–water partition coefficient (Wildman–Crippen LogP) is 1.47. The minimum atomic E-state index is 0.0534. The number of amides is 1. The maximum absolute atomic E-state index is 13.0. The Morgan fingerprint density at radius 2 is 1.75 bits per heavy atom. The first-order valence-electron chi connectivity index (χ1n) is 10.2. The molecule has 4 heterocycles. The van der Waals surface area contributed by atoms with Gasteiger partial charge >= 0.3 is 0 Å². The molecule has 0 saturated carbocycles. The molecule has 0 aliphatic carbocycles. The van der Waals surface area contributed by atoms with Crippen molar-refractivity contribution in [2.45, 2.75) is 19.3 Å². The van der Waals surface area contributed by atoms with E-state index in [0.29, 0.717) is 5.91 Å². The van der Waals surface area contributed by atoms with Crippen LogP contribution in [0.3, 0.4) is 0 Å². The highest BCUT2D eigenvalue weighted by atomic mass is 16.2. The zero-order valence-electron chi connectivity index (χ0n) is 16.3. The van der Waals surface area contributed by atoms with E-state index in [-0.39, 0.29) is 5.92 Å². The molecule has 4 rings (SSSR count). The Hall–Kier alpha value is -2.54. The summed E-state index contributed by atoms with van der Waals surface area (Å²) < 4.78 is 0. The number of aromatic nitrogens is 3. The Labute approximate surface area is 166 Å². The Morgan fingerprint density at radius 1 is 0.964 bits per heavy atom. The standard InChI is InChI=1S/C21H28N6O/c28-20(18-5-3-11-27(17-18)21-23-9-4-10-24-21)26-15-13-25(14-16-26)12-7-19-6-1-2-8-22-19/h1-2,4,6,8-10,18H,3,5,7,11-17H2/t18-/m0/s1. The molecule has 2 fully saturated rings. The maximum atomic E-state index is 13.0. The van der Waals surface area contributed by atoms with Crippen LogP contribution in [0.15, 0.2) is 42.9 Å². The predicted molar refractivity (Wildman–Crippen MR) is 108 cm³/mol. The molecular formula is C21H28N6O. The van der Waals surface area contributed by atoms with E-state index in [1.165, 1.54) is 0 Å². The normalized spacial score (nSPS) is 20.9. The molecular weight excluding hydrogens is 352 g/mol. The van der Waals surface area contributed by atoms with E-state index in [1.54, 1.807) is 12.4 Å². The molecule has 2 aromatic heterocycles. The summed E-state index contributed by atoms with van der Waals surface area (Å²) in [6.07, 6.45) is 8.31. The van der Waals surface area contributed by atoms with Crippen molar-refractivity contribution < 1.29 is 4.79 Å². The number of carbonyl (C=O) groups excluding carboxylic acids is 1. The highest BCUT2D eigenvalue weighted by Crippen LogP contribution is 2.22. The van der Waals surface area contributed by atoms with Crippen LogP contribution in [0, 0.1) is 5.92 Å². The van der Waals surface area contributed by atoms with Crippen LogP contribution in [-0.2, 0) is 11.2 Å². The topological polar surface area (TPSA) is 65.5 Å². The number of piperidine rings is 1. The van der Waals surface area contributed by atoms with E-state index in [9.17, 15) is 4.79 Å². The monoisotopic (exact) mass is 380 g/mol. The van der Waals surface area contributed by atoms with Gasteiger partial charge in [-0.2, -0.15) is 0 Å². The van der Waals surface area contributed by atoms with Gasteiger partial charge in [0.15, 0.2) is 0 Å². The van der Waals surface area contributed by atoms with Gasteiger partial charge in [-0.25, -0.2) is 9.97 Å². The number of nitrogens with zero attached hydrogens (tertiary/aromatic N) is 6. The van der Waals surface area contributed by atoms with Gasteiger partial charge in [0.05, 0.1) is 5.92 Å². The third kappa shape index (κ3) is 4.65. The van der Waals surface area contributed by atoms with Crippen LogP contribution >= 0.6 is 0 Å². The van der Waals surface area contributed by atoms with Crippen molar-refractivity contribution in [3.05, 3.63) is 48.5 Å². The molecule has 2 aliphatic heterocycles. The lowest BCUT2D eigenvalue weighted by Gasteiger charge is -2.39. The quantitative estimate of drug-likeness (QED) is 0.783. The van der Waals surface area contributed by atoms with E-state index < -0.39 is 0 Å². The summed E-state index contributed by atoms with van der Waals surface area (Å²) in [5.41, 5.74) is 1.13. The zero-order valence-corrected chi connectivity index (χ0v) is 16.3. The summed E-state index contributed by atoms with van der Waals surface area (Å²) in [6.45, 7) is 6.17. The summed E-state index contributed by atoms with van der Waals surface area (Å²) in [7, 11) is 0. The van der Waals surface area contributed by atoms with E-state index in [4.69, 9.17) is 0 Å². The fraction of sp³-hybridized carbons (Fsp3) is 0.524. The van der Waals surface area contributed by atoms with Crippen LogP contribution in [0.4, 0.5) is 5.95 Å². The Morgan fingerprint density at radius 3 is 2.50 bits per heavy atom. The Bertz CT molecular complexity index is 748. The minimum absolute atomic E-state index is 0.0534. The first-order chi connectivity index (χ1) is 13.8. The molecule has 1 amide bonds. The molecule has 7 heteroatoms. The fourth-order valence-corrected chi connectivity index (χ4v) is 4.08. The number of piperazine rings is 1. The molecule has 0 N–H and O–H groups in total. The van der Waals surface area contributed by atoms with Crippen LogP contribution in [0.1, 0.15) is 18.5 Å². The smallest absolute Gasteiger partial charge is 0.227 e. The fourth-order valence-electron chi connectivity index (χ4n) is 4.08. The number of carbonyl (C=O) groups is 1. The second kappa shape index (κ2) is 9.10. The van der Waals surface area contributed by atoms with Crippen molar-refractivity contribution in [2.24, 2.45) is 5.92 Å². The van der Waals surface area contributed by atoms with Crippen LogP contribution in [0.5, 0.6) is 0 Å². The Kier molecular flexibility index (Phi) is 6.11. The van der Waals surface area contributed by atoms with Crippen LogP contribution in [-0.4, -0.2) is 76.5 Å². The largest absolute Gasteiger partial charge is 0.340 e. The van der Waals surface area contributed by atoms with E-state index >= 15 is 0 Å². The second-order valence-corrected chi connectivity index (χ2v) is 7.57. The second-order valence-electron chi connectivity index (χ2n) is 7.57. The number of rotatable bonds is 5.